The van der Waals surface area contributed by atoms with E-state index in [2.05, 4.69) is 10.2 Å². The SMILES string of the molecule is Cc1nnc(N2CCC=C(F)C2)s1. The first kappa shape index (κ1) is 8.62. The van der Waals surface area contributed by atoms with Crippen molar-refractivity contribution in [2.24, 2.45) is 0 Å². The third kappa shape index (κ3) is 1.85. The van der Waals surface area contributed by atoms with Crippen LogP contribution in [-0.4, -0.2) is 23.3 Å². The number of aromatic nitrogens is 2. The first-order valence-corrected chi connectivity index (χ1v) is 4.97. The van der Waals surface area contributed by atoms with Gasteiger partial charge in [-0.1, -0.05) is 11.3 Å². The van der Waals surface area contributed by atoms with Gasteiger partial charge in [-0.05, 0) is 19.4 Å². The lowest BCUT2D eigenvalue weighted by Crippen LogP contribution is -2.28. The van der Waals surface area contributed by atoms with E-state index in [9.17, 15) is 4.39 Å². The first-order valence-electron chi connectivity index (χ1n) is 4.15. The molecule has 0 amide bonds. The van der Waals surface area contributed by atoms with Crippen LogP contribution >= 0.6 is 11.3 Å². The van der Waals surface area contributed by atoms with Gasteiger partial charge in [-0.15, -0.1) is 10.2 Å². The van der Waals surface area contributed by atoms with Crippen molar-refractivity contribution in [3.05, 3.63) is 16.9 Å². The summed E-state index contributed by atoms with van der Waals surface area (Å²) in [6.07, 6.45) is 2.38. The Morgan fingerprint density at radius 1 is 1.54 bits per heavy atom. The van der Waals surface area contributed by atoms with E-state index in [0.717, 1.165) is 23.1 Å². The molecule has 0 unspecified atom stereocenters. The fourth-order valence-electron chi connectivity index (χ4n) is 1.28. The van der Waals surface area contributed by atoms with E-state index in [1.54, 1.807) is 6.08 Å². The molecule has 0 N–H and O–H groups in total. The second-order valence-corrected chi connectivity index (χ2v) is 4.12. The Labute approximate surface area is 79.9 Å². The van der Waals surface area contributed by atoms with Gasteiger partial charge in [0.05, 0.1) is 6.54 Å². The predicted molar refractivity (Wildman–Crippen MR) is 50.7 cm³/mol. The largest absolute Gasteiger partial charge is 0.340 e. The average Bonchev–Trinajstić information content (AvgIpc) is 2.52. The van der Waals surface area contributed by atoms with Gasteiger partial charge in [0.15, 0.2) is 0 Å². The number of halogens is 1. The van der Waals surface area contributed by atoms with Gasteiger partial charge in [-0.2, -0.15) is 0 Å². The summed E-state index contributed by atoms with van der Waals surface area (Å²) in [6.45, 7) is 3.08. The Kier molecular flexibility index (Phi) is 2.26. The van der Waals surface area contributed by atoms with Crippen LogP contribution in [0.5, 0.6) is 0 Å². The maximum atomic E-state index is 12.9. The Balaban J connectivity index is 2.14. The Hall–Kier alpha value is -0.970. The standard InChI is InChI=1S/C8H10FN3S/c1-6-10-11-8(13-6)12-4-2-3-7(9)5-12/h3H,2,4-5H2,1H3. The minimum Gasteiger partial charge on any atom is -0.340 e. The van der Waals surface area contributed by atoms with Gasteiger partial charge in [0, 0.05) is 6.54 Å². The van der Waals surface area contributed by atoms with E-state index in [0.29, 0.717) is 6.54 Å². The molecule has 1 aliphatic heterocycles. The number of hydrogen-bond acceptors (Lipinski definition) is 4. The third-order valence-electron chi connectivity index (χ3n) is 1.89. The highest BCUT2D eigenvalue weighted by Crippen LogP contribution is 2.23. The van der Waals surface area contributed by atoms with Gasteiger partial charge in [0.25, 0.3) is 0 Å². The highest BCUT2D eigenvalue weighted by atomic mass is 32.1. The quantitative estimate of drug-likeness (QED) is 0.691. The molecule has 2 rings (SSSR count). The van der Waals surface area contributed by atoms with E-state index in [1.807, 2.05) is 11.8 Å². The van der Waals surface area contributed by atoms with Crippen molar-refractivity contribution in [3.63, 3.8) is 0 Å². The maximum absolute atomic E-state index is 12.9. The lowest BCUT2D eigenvalue weighted by molar-refractivity contribution is 0.574. The molecule has 70 valence electrons. The van der Waals surface area contributed by atoms with Gasteiger partial charge >= 0.3 is 0 Å². The smallest absolute Gasteiger partial charge is 0.208 e. The minimum absolute atomic E-state index is 0.0703. The topological polar surface area (TPSA) is 29.0 Å². The van der Waals surface area contributed by atoms with Gasteiger partial charge in [-0.3, -0.25) is 0 Å². The molecule has 0 saturated heterocycles. The summed E-state index contributed by atoms with van der Waals surface area (Å²) in [4.78, 5) is 1.92. The van der Waals surface area contributed by atoms with Crippen LogP contribution in [-0.2, 0) is 0 Å². The van der Waals surface area contributed by atoms with Crippen LogP contribution in [0.2, 0.25) is 0 Å². The Bertz CT molecular complexity index is 334. The third-order valence-corrected chi connectivity index (χ3v) is 2.79. The molecule has 1 aromatic heterocycles. The number of aryl methyl sites for hydroxylation is 1. The van der Waals surface area contributed by atoms with Crippen molar-refractivity contribution in [2.45, 2.75) is 13.3 Å². The van der Waals surface area contributed by atoms with Crippen LogP contribution in [0.4, 0.5) is 9.52 Å². The second-order valence-electron chi connectivity index (χ2n) is 2.96. The number of rotatable bonds is 1. The van der Waals surface area contributed by atoms with Gasteiger partial charge in [0.1, 0.15) is 10.8 Å². The summed E-state index contributed by atoms with van der Waals surface area (Å²) in [7, 11) is 0. The molecule has 2 heterocycles. The summed E-state index contributed by atoms with van der Waals surface area (Å²) in [5.74, 6) is -0.0703. The first-order chi connectivity index (χ1) is 6.25. The molecular formula is C8H10FN3S. The Morgan fingerprint density at radius 3 is 3.00 bits per heavy atom. The molecule has 3 nitrogen and oxygen atoms in total. The fourth-order valence-corrected chi connectivity index (χ4v) is 1.99. The van der Waals surface area contributed by atoms with Crippen LogP contribution in [0.1, 0.15) is 11.4 Å². The van der Waals surface area contributed by atoms with Gasteiger partial charge in [0.2, 0.25) is 5.13 Å². The van der Waals surface area contributed by atoms with Crippen molar-refractivity contribution >= 4 is 16.5 Å². The summed E-state index contributed by atoms with van der Waals surface area (Å²) in [5.41, 5.74) is 0. The summed E-state index contributed by atoms with van der Waals surface area (Å²) < 4.78 is 12.9. The van der Waals surface area contributed by atoms with Crippen molar-refractivity contribution in [1.29, 1.82) is 0 Å². The molecule has 13 heavy (non-hydrogen) atoms. The minimum atomic E-state index is -0.0703. The van der Waals surface area contributed by atoms with Gasteiger partial charge < -0.3 is 4.90 Å². The molecule has 0 aliphatic carbocycles. The molecule has 1 aromatic rings. The van der Waals surface area contributed by atoms with E-state index in [4.69, 9.17) is 0 Å². The highest BCUT2D eigenvalue weighted by Gasteiger charge is 2.15. The summed E-state index contributed by atoms with van der Waals surface area (Å²) in [5, 5.41) is 9.62. The van der Waals surface area contributed by atoms with Gasteiger partial charge in [-0.25, -0.2) is 4.39 Å². The van der Waals surface area contributed by atoms with E-state index >= 15 is 0 Å². The van der Waals surface area contributed by atoms with Crippen LogP contribution in [0.15, 0.2) is 11.9 Å². The molecule has 0 bridgehead atoms. The maximum Gasteiger partial charge on any atom is 0.208 e. The summed E-state index contributed by atoms with van der Waals surface area (Å²) in [6, 6.07) is 0. The second kappa shape index (κ2) is 3.41. The number of anilines is 1. The molecule has 0 fully saturated rings. The lowest BCUT2D eigenvalue weighted by Gasteiger charge is -2.22. The highest BCUT2D eigenvalue weighted by molar-refractivity contribution is 7.15. The molecule has 0 radical (unpaired) electrons. The lowest BCUT2D eigenvalue weighted by atomic mass is 10.2. The van der Waals surface area contributed by atoms with Crippen molar-refractivity contribution in [1.82, 2.24) is 10.2 Å². The van der Waals surface area contributed by atoms with E-state index < -0.39 is 0 Å². The predicted octanol–water partition coefficient (Wildman–Crippen LogP) is 1.91. The molecule has 0 saturated carbocycles. The fraction of sp³-hybridized carbons (Fsp3) is 0.500. The van der Waals surface area contributed by atoms with Crippen LogP contribution < -0.4 is 4.90 Å². The zero-order chi connectivity index (χ0) is 9.26. The van der Waals surface area contributed by atoms with Crippen LogP contribution in [0.25, 0.3) is 0 Å². The molecule has 0 aromatic carbocycles. The molecule has 5 heteroatoms. The van der Waals surface area contributed by atoms with Crippen molar-refractivity contribution < 1.29 is 4.39 Å². The van der Waals surface area contributed by atoms with E-state index in [-0.39, 0.29) is 5.83 Å². The molecule has 0 atom stereocenters. The zero-order valence-corrected chi connectivity index (χ0v) is 8.14. The van der Waals surface area contributed by atoms with E-state index in [1.165, 1.54) is 11.3 Å². The molecular weight excluding hydrogens is 189 g/mol. The Morgan fingerprint density at radius 2 is 2.38 bits per heavy atom. The number of nitrogens with zero attached hydrogens (tertiary/aromatic N) is 3. The monoisotopic (exact) mass is 199 g/mol. The van der Waals surface area contributed by atoms with Crippen LogP contribution in [0.3, 0.4) is 0 Å². The van der Waals surface area contributed by atoms with Crippen LogP contribution in [0, 0.1) is 6.92 Å². The molecule has 1 aliphatic rings. The summed E-state index contributed by atoms with van der Waals surface area (Å²) >= 11 is 1.51. The van der Waals surface area contributed by atoms with Crippen molar-refractivity contribution in [3.8, 4) is 0 Å². The van der Waals surface area contributed by atoms with Crippen molar-refractivity contribution in [2.75, 3.05) is 18.0 Å². The normalized spacial score (nSPS) is 17.4. The average molecular weight is 199 g/mol. The number of hydrogen-bond donors (Lipinski definition) is 0. The zero-order valence-electron chi connectivity index (χ0n) is 7.33. The molecule has 0 spiro atoms.